The lowest BCUT2D eigenvalue weighted by Gasteiger charge is -2.23. The minimum atomic E-state index is -0.465. The van der Waals surface area contributed by atoms with Crippen LogP contribution in [-0.4, -0.2) is 30.3 Å². The van der Waals surface area contributed by atoms with Gasteiger partial charge in [0, 0.05) is 12.7 Å². The van der Waals surface area contributed by atoms with Crippen molar-refractivity contribution in [3.05, 3.63) is 35.4 Å². The van der Waals surface area contributed by atoms with E-state index in [1.54, 1.807) is 7.11 Å². The highest BCUT2D eigenvalue weighted by Crippen LogP contribution is 2.16. The molecule has 114 valence electrons. The second-order valence-corrected chi connectivity index (χ2v) is 5.51. The molecule has 1 aromatic carbocycles. The largest absolute Gasteiger partial charge is 0.384 e. The van der Waals surface area contributed by atoms with Gasteiger partial charge in [-0.05, 0) is 38.5 Å². The fraction of sp³-hybridized carbons (Fsp3) is 0.471. The maximum Gasteiger partial charge on any atom is 0.223 e. The van der Waals surface area contributed by atoms with Crippen LogP contribution in [0.5, 0.6) is 0 Å². The first-order chi connectivity index (χ1) is 9.88. The van der Waals surface area contributed by atoms with Crippen LogP contribution in [0.15, 0.2) is 24.3 Å². The van der Waals surface area contributed by atoms with Crippen LogP contribution in [0.4, 0.5) is 0 Å². The van der Waals surface area contributed by atoms with Gasteiger partial charge >= 0.3 is 0 Å². The number of carbonyl (C=O) groups excluding carboxylic acids is 1. The van der Waals surface area contributed by atoms with Gasteiger partial charge in [-0.2, -0.15) is 0 Å². The fourth-order valence-electron chi connectivity index (χ4n) is 1.83. The smallest absolute Gasteiger partial charge is 0.223 e. The maximum absolute atomic E-state index is 12.0. The number of rotatable bonds is 5. The third kappa shape index (κ3) is 5.99. The lowest BCUT2D eigenvalue weighted by atomic mass is 10.0. The van der Waals surface area contributed by atoms with Crippen molar-refractivity contribution in [1.82, 2.24) is 5.32 Å². The number of hydrogen-bond donors (Lipinski definition) is 2. The molecule has 0 aromatic heterocycles. The molecular weight excluding hydrogens is 266 g/mol. The molecule has 1 aromatic rings. The van der Waals surface area contributed by atoms with Crippen LogP contribution in [0.1, 0.15) is 44.4 Å². The van der Waals surface area contributed by atoms with Crippen LogP contribution in [0, 0.1) is 11.8 Å². The molecule has 0 saturated heterocycles. The highest BCUT2D eigenvalue weighted by molar-refractivity contribution is 5.77. The SMILES string of the molecule is COC(C)(C)CC(=O)NC(C)c1ccc(C#CCO)cc1. The highest BCUT2D eigenvalue weighted by atomic mass is 16.5. The van der Waals surface area contributed by atoms with Crippen LogP contribution in [-0.2, 0) is 9.53 Å². The Morgan fingerprint density at radius 1 is 1.38 bits per heavy atom. The fourth-order valence-corrected chi connectivity index (χ4v) is 1.83. The summed E-state index contributed by atoms with van der Waals surface area (Å²) in [4.78, 5) is 12.0. The molecule has 1 atom stereocenters. The third-order valence-corrected chi connectivity index (χ3v) is 3.24. The number of nitrogens with one attached hydrogen (secondary N) is 1. The summed E-state index contributed by atoms with van der Waals surface area (Å²) in [5.41, 5.74) is 1.38. The minimum Gasteiger partial charge on any atom is -0.384 e. The van der Waals surface area contributed by atoms with Crippen molar-refractivity contribution < 1.29 is 14.6 Å². The normalized spacial score (nSPS) is 12.2. The van der Waals surface area contributed by atoms with Crippen LogP contribution in [0.3, 0.4) is 0 Å². The maximum atomic E-state index is 12.0. The van der Waals surface area contributed by atoms with Crippen molar-refractivity contribution in [2.24, 2.45) is 0 Å². The molecule has 1 unspecified atom stereocenters. The zero-order valence-corrected chi connectivity index (χ0v) is 13.1. The molecule has 4 heteroatoms. The second-order valence-electron chi connectivity index (χ2n) is 5.51. The van der Waals surface area contributed by atoms with Gasteiger partial charge in [0.05, 0.1) is 18.1 Å². The van der Waals surface area contributed by atoms with Gasteiger partial charge < -0.3 is 15.2 Å². The summed E-state index contributed by atoms with van der Waals surface area (Å²) in [6, 6.07) is 7.52. The van der Waals surface area contributed by atoms with Crippen LogP contribution in [0.2, 0.25) is 0 Å². The average molecular weight is 289 g/mol. The molecule has 0 heterocycles. The van der Waals surface area contributed by atoms with Crippen molar-refractivity contribution in [3.63, 3.8) is 0 Å². The van der Waals surface area contributed by atoms with E-state index in [4.69, 9.17) is 9.84 Å². The quantitative estimate of drug-likeness (QED) is 0.815. The van der Waals surface area contributed by atoms with Gasteiger partial charge in [0.2, 0.25) is 5.91 Å². The summed E-state index contributed by atoms with van der Waals surface area (Å²) in [7, 11) is 1.60. The van der Waals surface area contributed by atoms with E-state index < -0.39 is 5.60 Å². The Kier molecular flexibility index (Phi) is 6.41. The number of aliphatic hydroxyl groups is 1. The molecule has 0 aliphatic rings. The number of aliphatic hydroxyl groups excluding tert-OH is 1. The Balaban J connectivity index is 2.63. The molecule has 0 aliphatic heterocycles. The molecule has 21 heavy (non-hydrogen) atoms. The average Bonchev–Trinajstić information content (AvgIpc) is 2.45. The first-order valence-electron chi connectivity index (χ1n) is 6.92. The number of benzene rings is 1. The van der Waals surface area contributed by atoms with Crippen LogP contribution >= 0.6 is 0 Å². The molecule has 1 rings (SSSR count). The number of hydrogen-bond acceptors (Lipinski definition) is 3. The van der Waals surface area contributed by atoms with E-state index in [0.29, 0.717) is 6.42 Å². The Labute approximate surface area is 126 Å². The second kappa shape index (κ2) is 7.82. The van der Waals surface area contributed by atoms with Gasteiger partial charge in [0.15, 0.2) is 0 Å². The Morgan fingerprint density at radius 3 is 2.52 bits per heavy atom. The van der Waals surface area contributed by atoms with E-state index in [-0.39, 0.29) is 18.6 Å². The first-order valence-corrected chi connectivity index (χ1v) is 6.92. The molecule has 0 radical (unpaired) electrons. The van der Waals surface area contributed by atoms with Gasteiger partial charge in [-0.25, -0.2) is 0 Å². The van der Waals surface area contributed by atoms with Crippen LogP contribution in [0.25, 0.3) is 0 Å². The first kappa shape index (κ1) is 17.2. The van der Waals surface area contributed by atoms with E-state index >= 15 is 0 Å². The highest BCUT2D eigenvalue weighted by Gasteiger charge is 2.22. The summed E-state index contributed by atoms with van der Waals surface area (Å²) < 4.78 is 5.25. The molecule has 1 amide bonds. The number of carbonyl (C=O) groups is 1. The van der Waals surface area contributed by atoms with Gasteiger partial charge in [0.25, 0.3) is 0 Å². The Bertz CT molecular complexity index is 523. The van der Waals surface area contributed by atoms with E-state index in [1.807, 2.05) is 45.0 Å². The van der Waals surface area contributed by atoms with Crippen molar-refractivity contribution in [2.75, 3.05) is 13.7 Å². The molecule has 0 aliphatic carbocycles. The Hall–Kier alpha value is -1.83. The molecule has 0 fully saturated rings. The minimum absolute atomic E-state index is 0.0431. The molecule has 2 N–H and O–H groups in total. The predicted molar refractivity (Wildman–Crippen MR) is 82.7 cm³/mol. The van der Waals surface area contributed by atoms with Gasteiger partial charge in [-0.15, -0.1) is 0 Å². The van der Waals surface area contributed by atoms with E-state index in [9.17, 15) is 4.79 Å². The zero-order chi connectivity index (χ0) is 15.9. The standard InChI is InChI=1S/C17H23NO3/c1-13(18-16(20)12-17(2,3)21-4)15-9-7-14(8-10-15)6-5-11-19/h7-10,13,19H,11-12H2,1-4H3,(H,18,20). The lowest BCUT2D eigenvalue weighted by Crippen LogP contribution is -2.34. The molecule has 0 saturated carbocycles. The van der Waals surface area contributed by atoms with E-state index in [1.165, 1.54) is 0 Å². The van der Waals surface area contributed by atoms with E-state index in [0.717, 1.165) is 11.1 Å². The van der Waals surface area contributed by atoms with Gasteiger partial charge in [-0.3, -0.25) is 4.79 Å². The van der Waals surface area contributed by atoms with Crippen molar-refractivity contribution in [2.45, 2.75) is 38.8 Å². The molecule has 0 bridgehead atoms. The lowest BCUT2D eigenvalue weighted by molar-refractivity contribution is -0.126. The van der Waals surface area contributed by atoms with Gasteiger partial charge in [-0.1, -0.05) is 24.0 Å². The zero-order valence-electron chi connectivity index (χ0n) is 13.1. The topological polar surface area (TPSA) is 58.6 Å². The van der Waals surface area contributed by atoms with Crippen LogP contribution < -0.4 is 5.32 Å². The van der Waals surface area contributed by atoms with Gasteiger partial charge in [0.1, 0.15) is 6.61 Å². The summed E-state index contributed by atoms with van der Waals surface area (Å²) in [6.07, 6.45) is 0.313. The monoisotopic (exact) mass is 289 g/mol. The van der Waals surface area contributed by atoms with Crippen molar-refractivity contribution >= 4 is 5.91 Å². The number of methoxy groups -OCH3 is 1. The number of amides is 1. The summed E-state index contributed by atoms with van der Waals surface area (Å²) in [6.45, 7) is 5.55. The van der Waals surface area contributed by atoms with Crippen molar-refractivity contribution in [3.8, 4) is 11.8 Å². The molecule has 4 nitrogen and oxygen atoms in total. The third-order valence-electron chi connectivity index (χ3n) is 3.24. The summed E-state index contributed by atoms with van der Waals surface area (Å²) >= 11 is 0. The van der Waals surface area contributed by atoms with E-state index in [2.05, 4.69) is 17.2 Å². The summed E-state index contributed by atoms with van der Waals surface area (Å²) in [5.74, 6) is 5.39. The van der Waals surface area contributed by atoms with Crippen molar-refractivity contribution in [1.29, 1.82) is 0 Å². The molecule has 0 spiro atoms. The Morgan fingerprint density at radius 2 is 2.00 bits per heavy atom. The predicted octanol–water partition coefficient (Wildman–Crippen LogP) is 2.02. The summed E-state index contributed by atoms with van der Waals surface area (Å²) in [5, 5.41) is 11.6. The molecular formula is C17H23NO3. The number of ether oxygens (including phenoxy) is 1.